The maximum absolute atomic E-state index is 13.9. The van der Waals surface area contributed by atoms with Crippen LogP contribution in [-0.4, -0.2) is 26.8 Å². The van der Waals surface area contributed by atoms with E-state index in [0.29, 0.717) is 12.1 Å². The molecule has 0 bridgehead atoms. The molecule has 1 amide bonds. The minimum atomic E-state index is -4.46. The van der Waals surface area contributed by atoms with Crippen LogP contribution in [0.5, 0.6) is 0 Å². The highest BCUT2D eigenvalue weighted by molar-refractivity contribution is 5.80. The number of nitrogens with one attached hydrogen (secondary N) is 2. The second-order valence-electron chi connectivity index (χ2n) is 8.31. The number of aromatic nitrogens is 3. The Balaban J connectivity index is 1.53. The lowest BCUT2D eigenvalue weighted by atomic mass is 9.95. The smallest absolute Gasteiger partial charge is 0.363 e. The highest BCUT2D eigenvalue weighted by Gasteiger charge is 2.46. The van der Waals surface area contributed by atoms with Gasteiger partial charge in [-0.05, 0) is 36.1 Å². The average molecular weight is 458 g/mol. The number of pyridine rings is 1. The molecule has 9 heteroatoms. The number of carbonyl (C=O) groups is 1. The number of aryl methyl sites for hydroxylation is 2. The van der Waals surface area contributed by atoms with Crippen molar-refractivity contribution in [2.45, 2.75) is 57.9 Å². The van der Waals surface area contributed by atoms with E-state index in [0.717, 1.165) is 33.5 Å². The van der Waals surface area contributed by atoms with Crippen LogP contribution < -0.4 is 10.6 Å². The van der Waals surface area contributed by atoms with Gasteiger partial charge in [0.15, 0.2) is 6.04 Å². The predicted molar refractivity (Wildman–Crippen MR) is 119 cm³/mol. The van der Waals surface area contributed by atoms with Crippen LogP contribution in [0.3, 0.4) is 0 Å². The van der Waals surface area contributed by atoms with Crippen LogP contribution in [0.1, 0.15) is 53.4 Å². The fourth-order valence-corrected chi connectivity index (χ4v) is 3.99. The zero-order chi connectivity index (χ0) is 23.6. The number of benzene rings is 1. The Bertz CT molecular complexity index is 1110. The molecule has 0 radical (unpaired) electrons. The van der Waals surface area contributed by atoms with Gasteiger partial charge in [-0.2, -0.15) is 18.3 Å². The molecule has 0 spiro atoms. The summed E-state index contributed by atoms with van der Waals surface area (Å²) in [6, 6.07) is 9.00. The van der Waals surface area contributed by atoms with Crippen LogP contribution in [0.4, 0.5) is 19.0 Å². The number of hydrogen-bond acceptors (Lipinski definition) is 4. The Kier molecular flexibility index (Phi) is 6.40. The van der Waals surface area contributed by atoms with Crippen molar-refractivity contribution in [3.8, 4) is 0 Å². The van der Waals surface area contributed by atoms with E-state index >= 15 is 0 Å². The topological polar surface area (TPSA) is 71.8 Å². The Morgan fingerprint density at radius 1 is 1.15 bits per heavy atom. The van der Waals surface area contributed by atoms with Gasteiger partial charge in [0, 0.05) is 30.4 Å². The lowest BCUT2D eigenvalue weighted by Crippen LogP contribution is -2.36. The van der Waals surface area contributed by atoms with Gasteiger partial charge in [-0.15, -0.1) is 0 Å². The standard InChI is InChI=1S/C24H26F3N5O/c1-3-16-6-8-18(9-7-16)20-11-21(24(25,26)27)32-23(31-20)19(14-30-32)10-22(33)29-13-17-5-4-15(2)28-12-17/h4-9,12,14,20-21,31H,3,10-11,13H2,1-2H3,(H,29,33)/t20-,21+/m1/s1. The van der Waals surface area contributed by atoms with Gasteiger partial charge in [0.25, 0.3) is 0 Å². The molecular formula is C24H26F3N5O. The minimum Gasteiger partial charge on any atom is -0.363 e. The first-order chi connectivity index (χ1) is 15.7. The maximum atomic E-state index is 13.9. The van der Waals surface area contributed by atoms with Crippen molar-refractivity contribution < 1.29 is 18.0 Å². The van der Waals surface area contributed by atoms with Crippen molar-refractivity contribution in [1.29, 1.82) is 0 Å². The fourth-order valence-electron chi connectivity index (χ4n) is 3.99. The number of hydrogen-bond donors (Lipinski definition) is 2. The lowest BCUT2D eigenvalue weighted by Gasteiger charge is -2.34. The third kappa shape index (κ3) is 5.18. The van der Waals surface area contributed by atoms with Gasteiger partial charge in [0.05, 0.1) is 18.7 Å². The molecule has 2 N–H and O–H groups in total. The van der Waals surface area contributed by atoms with Crippen molar-refractivity contribution in [2.75, 3.05) is 5.32 Å². The summed E-state index contributed by atoms with van der Waals surface area (Å²) in [5.74, 6) is -0.0635. The van der Waals surface area contributed by atoms with Gasteiger partial charge in [-0.3, -0.25) is 9.78 Å². The Morgan fingerprint density at radius 3 is 2.52 bits per heavy atom. The number of anilines is 1. The number of amides is 1. The number of carbonyl (C=O) groups excluding carboxylic acids is 1. The second kappa shape index (κ2) is 9.25. The second-order valence-corrected chi connectivity index (χ2v) is 8.31. The number of fused-ring (bicyclic) bond motifs is 1. The van der Waals surface area contributed by atoms with Crippen LogP contribution in [0.25, 0.3) is 0 Å². The summed E-state index contributed by atoms with van der Waals surface area (Å²) in [5.41, 5.74) is 4.04. The molecule has 2 atom stereocenters. The Morgan fingerprint density at radius 2 is 1.88 bits per heavy atom. The quantitative estimate of drug-likeness (QED) is 0.565. The normalized spacial score (nSPS) is 17.8. The van der Waals surface area contributed by atoms with Crippen molar-refractivity contribution >= 4 is 11.7 Å². The molecule has 174 valence electrons. The zero-order valence-corrected chi connectivity index (χ0v) is 18.5. The Labute approximate surface area is 190 Å². The van der Waals surface area contributed by atoms with E-state index in [-0.39, 0.29) is 24.6 Å². The van der Waals surface area contributed by atoms with E-state index in [1.807, 2.05) is 50.2 Å². The van der Waals surface area contributed by atoms with Crippen molar-refractivity contribution in [2.24, 2.45) is 0 Å². The molecule has 0 fully saturated rings. The van der Waals surface area contributed by atoms with E-state index < -0.39 is 18.3 Å². The van der Waals surface area contributed by atoms with Gasteiger partial charge in [0.1, 0.15) is 5.82 Å². The molecule has 1 aliphatic heterocycles. The SMILES string of the molecule is CCc1ccc([C@H]2C[C@@H](C(F)(F)F)n3ncc(CC(=O)NCc4ccc(C)nc4)c3N2)cc1. The van der Waals surface area contributed by atoms with Crippen molar-refractivity contribution in [3.05, 3.63) is 76.7 Å². The maximum Gasteiger partial charge on any atom is 0.410 e. The van der Waals surface area contributed by atoms with E-state index in [1.54, 1.807) is 6.20 Å². The Hall–Kier alpha value is -3.36. The van der Waals surface area contributed by atoms with Crippen LogP contribution in [0, 0.1) is 6.92 Å². The third-order valence-corrected chi connectivity index (χ3v) is 5.92. The molecular weight excluding hydrogens is 431 g/mol. The number of halogens is 3. The molecule has 0 saturated carbocycles. The first-order valence-corrected chi connectivity index (χ1v) is 10.9. The monoisotopic (exact) mass is 457 g/mol. The third-order valence-electron chi connectivity index (χ3n) is 5.92. The van der Waals surface area contributed by atoms with Gasteiger partial charge >= 0.3 is 6.18 Å². The van der Waals surface area contributed by atoms with Gasteiger partial charge < -0.3 is 10.6 Å². The van der Waals surface area contributed by atoms with E-state index in [1.165, 1.54) is 6.20 Å². The predicted octanol–water partition coefficient (Wildman–Crippen LogP) is 4.67. The summed E-state index contributed by atoms with van der Waals surface area (Å²) >= 11 is 0. The highest BCUT2D eigenvalue weighted by Crippen LogP contribution is 2.44. The summed E-state index contributed by atoms with van der Waals surface area (Å²) in [6.45, 7) is 4.19. The van der Waals surface area contributed by atoms with Crippen molar-refractivity contribution in [1.82, 2.24) is 20.1 Å². The van der Waals surface area contributed by atoms with Crippen LogP contribution in [0.15, 0.2) is 48.8 Å². The molecule has 6 nitrogen and oxygen atoms in total. The van der Waals surface area contributed by atoms with Crippen LogP contribution in [-0.2, 0) is 24.2 Å². The fraction of sp³-hybridized carbons (Fsp3) is 0.375. The summed E-state index contributed by atoms with van der Waals surface area (Å²) in [4.78, 5) is 16.7. The molecule has 1 aromatic carbocycles. The largest absolute Gasteiger partial charge is 0.410 e. The number of rotatable bonds is 6. The van der Waals surface area contributed by atoms with Crippen LogP contribution in [0.2, 0.25) is 0 Å². The van der Waals surface area contributed by atoms with Gasteiger partial charge in [-0.25, -0.2) is 4.68 Å². The number of nitrogens with zero attached hydrogens (tertiary/aromatic N) is 3. The van der Waals surface area contributed by atoms with Gasteiger partial charge in [0.2, 0.25) is 5.91 Å². The average Bonchev–Trinajstić information content (AvgIpc) is 3.20. The molecule has 3 heterocycles. The van der Waals surface area contributed by atoms with E-state index in [9.17, 15) is 18.0 Å². The summed E-state index contributed by atoms with van der Waals surface area (Å²) in [5, 5.41) is 9.98. The first-order valence-electron chi connectivity index (χ1n) is 10.9. The molecule has 4 rings (SSSR count). The molecule has 0 saturated heterocycles. The first kappa shape index (κ1) is 22.8. The molecule has 1 aliphatic rings. The lowest BCUT2D eigenvalue weighted by molar-refractivity contribution is -0.173. The van der Waals surface area contributed by atoms with E-state index in [2.05, 4.69) is 20.7 Å². The summed E-state index contributed by atoms with van der Waals surface area (Å²) in [6.07, 6.45) is -0.821. The number of alkyl halides is 3. The summed E-state index contributed by atoms with van der Waals surface area (Å²) < 4.78 is 42.5. The molecule has 2 aromatic heterocycles. The molecule has 0 unspecified atom stereocenters. The van der Waals surface area contributed by atoms with E-state index in [4.69, 9.17) is 0 Å². The highest BCUT2D eigenvalue weighted by atomic mass is 19.4. The molecule has 3 aromatic rings. The molecule has 33 heavy (non-hydrogen) atoms. The van der Waals surface area contributed by atoms with Gasteiger partial charge in [-0.1, -0.05) is 37.3 Å². The van der Waals surface area contributed by atoms with Crippen LogP contribution >= 0.6 is 0 Å². The minimum absolute atomic E-state index is 0.0757. The van der Waals surface area contributed by atoms with Crippen molar-refractivity contribution in [3.63, 3.8) is 0 Å². The molecule has 0 aliphatic carbocycles. The zero-order valence-electron chi connectivity index (χ0n) is 18.5. The summed E-state index contributed by atoms with van der Waals surface area (Å²) in [7, 11) is 0.